The van der Waals surface area contributed by atoms with Crippen molar-refractivity contribution in [3.05, 3.63) is 84.4 Å². The van der Waals surface area contributed by atoms with E-state index in [9.17, 15) is 9.59 Å². The maximum Gasteiger partial charge on any atom is 0.256 e. The van der Waals surface area contributed by atoms with Crippen molar-refractivity contribution in [3.63, 3.8) is 0 Å². The van der Waals surface area contributed by atoms with Crippen molar-refractivity contribution in [2.75, 3.05) is 61.0 Å². The molecule has 2 aliphatic rings. The normalized spacial score (nSPS) is 17.4. The van der Waals surface area contributed by atoms with Gasteiger partial charge in [-0.15, -0.1) is 0 Å². The molecule has 3 aromatic rings. The minimum atomic E-state index is -0.657. The molecule has 0 bridgehead atoms. The Morgan fingerprint density at radius 2 is 1.60 bits per heavy atom. The van der Waals surface area contributed by atoms with E-state index < -0.39 is 6.04 Å². The molecule has 9 heteroatoms. The van der Waals surface area contributed by atoms with E-state index in [-0.39, 0.29) is 18.2 Å². The highest BCUT2D eigenvalue weighted by molar-refractivity contribution is 7.80. The average Bonchev–Trinajstić information content (AvgIpc) is 3.25. The lowest BCUT2D eigenvalue weighted by Crippen LogP contribution is -2.47. The molecule has 2 fully saturated rings. The Morgan fingerprint density at radius 1 is 0.907 bits per heavy atom. The van der Waals surface area contributed by atoms with Gasteiger partial charge in [0.1, 0.15) is 11.8 Å². The monoisotopic (exact) mass is 599 g/mol. The van der Waals surface area contributed by atoms with Gasteiger partial charge in [-0.2, -0.15) is 0 Å². The van der Waals surface area contributed by atoms with Crippen molar-refractivity contribution >= 4 is 46.2 Å². The van der Waals surface area contributed by atoms with Gasteiger partial charge in [-0.3, -0.25) is 19.4 Å². The molecule has 0 aromatic heterocycles. The van der Waals surface area contributed by atoms with Crippen LogP contribution in [-0.4, -0.2) is 78.6 Å². The number of thiocarbonyl (C=S) groups is 1. The number of nitrogens with zero attached hydrogens (tertiary/aromatic N) is 4. The fourth-order valence-electron chi connectivity index (χ4n) is 5.59. The maximum atomic E-state index is 13.8. The second-order valence-electron chi connectivity index (χ2n) is 11.1. The number of carbonyl (C=O) groups excluding carboxylic acids is 2. The minimum absolute atomic E-state index is 0.0190. The molecule has 1 N–H and O–H groups in total. The van der Waals surface area contributed by atoms with E-state index >= 15 is 0 Å². The summed E-state index contributed by atoms with van der Waals surface area (Å²) in [7, 11) is 0. The molecule has 2 amide bonds. The molecule has 43 heavy (non-hydrogen) atoms. The van der Waals surface area contributed by atoms with Gasteiger partial charge in [-0.25, -0.2) is 0 Å². The Kier molecular flexibility index (Phi) is 10.3. The van der Waals surface area contributed by atoms with Gasteiger partial charge in [0.05, 0.1) is 18.7 Å². The van der Waals surface area contributed by atoms with Crippen molar-refractivity contribution in [1.29, 1.82) is 0 Å². The predicted octanol–water partition coefficient (Wildman–Crippen LogP) is 5.33. The molecule has 1 unspecified atom stereocenters. The Hall–Kier alpha value is -3.95. The van der Waals surface area contributed by atoms with E-state index in [4.69, 9.17) is 17.0 Å². The average molecular weight is 600 g/mol. The molecule has 0 aliphatic carbocycles. The topological polar surface area (TPSA) is 68.4 Å². The highest BCUT2D eigenvalue weighted by Gasteiger charge is 2.43. The number of hydrogen-bond acceptors (Lipinski definition) is 6. The molecule has 226 valence electrons. The SMILES string of the molecule is CCCOc1ccc(NC(=O)CC2C(=O)N(c3ccc(C)cc3)C(=S)N2CCCN2CCN(c3ccccc3)CC2)cc1. The Morgan fingerprint density at radius 3 is 2.28 bits per heavy atom. The minimum Gasteiger partial charge on any atom is -0.494 e. The summed E-state index contributed by atoms with van der Waals surface area (Å²) < 4.78 is 5.64. The summed E-state index contributed by atoms with van der Waals surface area (Å²) in [6.45, 7) is 10.2. The largest absolute Gasteiger partial charge is 0.494 e. The predicted molar refractivity (Wildman–Crippen MR) is 177 cm³/mol. The molecule has 2 saturated heterocycles. The first-order chi connectivity index (χ1) is 20.9. The number of nitrogens with one attached hydrogen (secondary N) is 1. The standard InChI is InChI=1S/C34H41N5O3S/c1-3-24-42-30-16-12-27(13-17-30)35-32(40)25-31-33(41)39(29-14-10-26(2)11-15-29)34(43)38(31)19-7-18-36-20-22-37(23-21-36)28-8-5-4-6-9-28/h4-6,8-17,31H,3,7,18-25H2,1-2H3,(H,35,40). The number of anilines is 3. The third kappa shape index (κ3) is 7.72. The van der Waals surface area contributed by atoms with E-state index in [0.29, 0.717) is 24.0 Å². The van der Waals surface area contributed by atoms with Gasteiger partial charge in [-0.1, -0.05) is 42.8 Å². The van der Waals surface area contributed by atoms with Gasteiger partial charge in [0, 0.05) is 44.1 Å². The zero-order valence-electron chi connectivity index (χ0n) is 25.1. The summed E-state index contributed by atoms with van der Waals surface area (Å²) >= 11 is 5.87. The van der Waals surface area contributed by atoms with E-state index in [2.05, 4.69) is 46.3 Å². The first kappa shape index (κ1) is 30.5. The molecule has 2 aliphatic heterocycles. The molecule has 0 radical (unpaired) electrons. The van der Waals surface area contributed by atoms with E-state index in [1.54, 1.807) is 4.90 Å². The molecular formula is C34H41N5O3S. The molecule has 0 saturated carbocycles. The summed E-state index contributed by atoms with van der Waals surface area (Å²) in [5.74, 6) is 0.373. The van der Waals surface area contributed by atoms with Crippen LogP contribution >= 0.6 is 12.2 Å². The van der Waals surface area contributed by atoms with Crippen molar-refractivity contribution in [3.8, 4) is 5.75 Å². The van der Waals surface area contributed by atoms with Gasteiger partial charge in [0.15, 0.2) is 5.11 Å². The molecule has 5 rings (SSSR count). The molecule has 1 atom stereocenters. The number of benzene rings is 3. The highest BCUT2D eigenvalue weighted by Crippen LogP contribution is 2.28. The Bertz CT molecular complexity index is 1380. The quantitative estimate of drug-likeness (QED) is 0.283. The second-order valence-corrected chi connectivity index (χ2v) is 11.5. The van der Waals surface area contributed by atoms with Crippen LogP contribution in [-0.2, 0) is 9.59 Å². The maximum absolute atomic E-state index is 13.8. The number of aryl methyl sites for hydroxylation is 1. The number of piperazine rings is 1. The molecule has 0 spiro atoms. The number of rotatable bonds is 12. The van der Waals surface area contributed by atoms with Crippen LogP contribution in [0.1, 0.15) is 31.7 Å². The van der Waals surface area contributed by atoms with E-state index in [1.165, 1.54) is 5.69 Å². The lowest BCUT2D eigenvalue weighted by molar-refractivity contribution is -0.124. The smallest absolute Gasteiger partial charge is 0.256 e. The summed E-state index contributed by atoms with van der Waals surface area (Å²) in [5, 5.41) is 3.40. The summed E-state index contributed by atoms with van der Waals surface area (Å²) in [4.78, 5) is 35.4. The van der Waals surface area contributed by atoms with E-state index in [1.807, 2.05) is 66.4 Å². The van der Waals surface area contributed by atoms with Crippen LogP contribution < -0.4 is 19.9 Å². The van der Waals surface area contributed by atoms with Crippen molar-refractivity contribution in [1.82, 2.24) is 9.80 Å². The molecular weight excluding hydrogens is 558 g/mol. The Labute approximate surface area is 260 Å². The third-order valence-electron chi connectivity index (χ3n) is 7.97. The second kappa shape index (κ2) is 14.5. The van der Waals surface area contributed by atoms with Gasteiger partial charge in [0.2, 0.25) is 5.91 Å². The van der Waals surface area contributed by atoms with Crippen LogP contribution in [0.15, 0.2) is 78.9 Å². The fraction of sp³-hybridized carbons (Fsp3) is 0.382. The summed E-state index contributed by atoms with van der Waals surface area (Å²) in [5.41, 5.74) is 3.76. The summed E-state index contributed by atoms with van der Waals surface area (Å²) in [6, 6.07) is 25.0. The molecule has 2 heterocycles. The summed E-state index contributed by atoms with van der Waals surface area (Å²) in [6.07, 6.45) is 1.79. The van der Waals surface area contributed by atoms with Gasteiger partial charge in [-0.05, 0) is 87.1 Å². The van der Waals surface area contributed by atoms with Crippen LogP contribution in [0.5, 0.6) is 5.75 Å². The lowest BCUT2D eigenvalue weighted by atomic mass is 10.1. The molecule has 3 aromatic carbocycles. The fourth-order valence-corrected chi connectivity index (χ4v) is 6.01. The first-order valence-corrected chi connectivity index (χ1v) is 15.6. The van der Waals surface area contributed by atoms with Crippen LogP contribution in [0.3, 0.4) is 0 Å². The van der Waals surface area contributed by atoms with Crippen LogP contribution in [0.2, 0.25) is 0 Å². The Balaban J connectivity index is 1.21. The first-order valence-electron chi connectivity index (χ1n) is 15.2. The zero-order chi connectivity index (χ0) is 30.2. The third-order valence-corrected chi connectivity index (χ3v) is 8.38. The van der Waals surface area contributed by atoms with Crippen LogP contribution in [0, 0.1) is 6.92 Å². The molecule has 8 nitrogen and oxygen atoms in total. The highest BCUT2D eigenvalue weighted by atomic mass is 32.1. The zero-order valence-corrected chi connectivity index (χ0v) is 25.9. The van der Waals surface area contributed by atoms with Crippen molar-refractivity contribution in [2.24, 2.45) is 0 Å². The van der Waals surface area contributed by atoms with Gasteiger partial charge in [0.25, 0.3) is 5.91 Å². The van der Waals surface area contributed by atoms with Gasteiger partial charge < -0.3 is 19.9 Å². The number of hydrogen-bond donors (Lipinski definition) is 1. The lowest BCUT2D eigenvalue weighted by Gasteiger charge is -2.36. The van der Waals surface area contributed by atoms with E-state index in [0.717, 1.165) is 62.6 Å². The van der Waals surface area contributed by atoms with Crippen LogP contribution in [0.25, 0.3) is 0 Å². The number of para-hydroxylation sites is 1. The number of carbonyl (C=O) groups is 2. The van der Waals surface area contributed by atoms with Crippen LogP contribution in [0.4, 0.5) is 17.1 Å². The number of amides is 2. The van der Waals surface area contributed by atoms with Crippen molar-refractivity contribution < 1.29 is 14.3 Å². The number of ether oxygens (including phenoxy) is 1. The van der Waals surface area contributed by atoms with Gasteiger partial charge >= 0.3 is 0 Å². The van der Waals surface area contributed by atoms with Crippen molar-refractivity contribution in [2.45, 2.75) is 39.2 Å².